The van der Waals surface area contributed by atoms with Crippen LogP contribution in [0.25, 0.3) is 10.9 Å². The molecule has 0 bridgehead atoms. The van der Waals surface area contributed by atoms with Crippen molar-refractivity contribution >= 4 is 23.6 Å². The van der Waals surface area contributed by atoms with Gasteiger partial charge in [0.05, 0.1) is 22.3 Å². The molecule has 0 spiro atoms. The summed E-state index contributed by atoms with van der Waals surface area (Å²) in [5, 5.41) is 8.45. The number of aromatic nitrogens is 2. The van der Waals surface area contributed by atoms with Gasteiger partial charge in [-0.3, -0.25) is 5.10 Å². The van der Waals surface area contributed by atoms with Gasteiger partial charge < -0.3 is 9.31 Å². The molecular formula is C14H19BN2O2. The summed E-state index contributed by atoms with van der Waals surface area (Å²) in [6.45, 7) is 10.3. The third-order valence-corrected chi connectivity index (χ3v) is 4.23. The van der Waals surface area contributed by atoms with Gasteiger partial charge in [0.1, 0.15) is 0 Å². The molecule has 0 radical (unpaired) electrons. The van der Waals surface area contributed by atoms with E-state index < -0.39 is 7.12 Å². The number of aryl methyl sites for hydroxylation is 1. The second kappa shape index (κ2) is 3.84. The molecule has 1 saturated heterocycles. The summed E-state index contributed by atoms with van der Waals surface area (Å²) in [5.41, 5.74) is 2.37. The Balaban J connectivity index is 2.03. The lowest BCUT2D eigenvalue weighted by atomic mass is 9.82. The van der Waals surface area contributed by atoms with E-state index in [4.69, 9.17) is 9.31 Å². The van der Waals surface area contributed by atoms with Crippen LogP contribution in [0.15, 0.2) is 18.2 Å². The van der Waals surface area contributed by atoms with Crippen LogP contribution < -0.4 is 5.59 Å². The van der Waals surface area contributed by atoms with Crippen LogP contribution in [0.5, 0.6) is 0 Å². The van der Waals surface area contributed by atoms with Crippen molar-refractivity contribution in [1.82, 2.24) is 10.2 Å². The van der Waals surface area contributed by atoms with Crippen LogP contribution in [0.2, 0.25) is 0 Å². The van der Waals surface area contributed by atoms with Gasteiger partial charge in [-0.25, -0.2) is 0 Å². The molecule has 19 heavy (non-hydrogen) atoms. The standard InChI is InChI=1S/C14H19BN2O2/c1-9-6-7-10-11(8-9)16-17-12(10)15-18-13(2,3)14(4,5)19-15/h6-8H,1-5H3,(H,16,17). The van der Waals surface area contributed by atoms with E-state index in [0.29, 0.717) is 0 Å². The number of fused-ring (bicyclic) bond motifs is 1. The highest BCUT2D eigenvalue weighted by molar-refractivity contribution is 6.64. The molecule has 1 N–H and O–H groups in total. The van der Waals surface area contributed by atoms with Crippen molar-refractivity contribution in [2.75, 3.05) is 0 Å². The Bertz CT molecular complexity index is 617. The Morgan fingerprint density at radius 1 is 1.11 bits per heavy atom. The Labute approximate surface area is 113 Å². The van der Waals surface area contributed by atoms with Crippen LogP contribution >= 0.6 is 0 Å². The lowest BCUT2D eigenvalue weighted by molar-refractivity contribution is 0.00578. The second-order valence-corrected chi connectivity index (χ2v) is 6.25. The maximum Gasteiger partial charge on any atom is 0.514 e. The van der Waals surface area contributed by atoms with E-state index in [0.717, 1.165) is 16.5 Å². The second-order valence-electron chi connectivity index (χ2n) is 6.25. The first-order valence-corrected chi connectivity index (χ1v) is 6.60. The minimum Gasteiger partial charge on any atom is -0.398 e. The number of H-pyrrole nitrogens is 1. The molecule has 5 heteroatoms. The van der Waals surface area contributed by atoms with Gasteiger partial charge >= 0.3 is 7.12 Å². The SMILES string of the molecule is Cc1ccc2c(B3OC(C)(C)C(C)(C)O3)[nH]nc2c1. The number of benzene rings is 1. The highest BCUT2D eigenvalue weighted by atomic mass is 16.7. The summed E-state index contributed by atoms with van der Waals surface area (Å²) >= 11 is 0. The Kier molecular flexibility index (Phi) is 2.56. The molecule has 100 valence electrons. The van der Waals surface area contributed by atoms with Crippen molar-refractivity contribution in [1.29, 1.82) is 0 Å². The largest absolute Gasteiger partial charge is 0.514 e. The van der Waals surface area contributed by atoms with Gasteiger partial charge in [-0.1, -0.05) is 12.1 Å². The third-order valence-electron chi connectivity index (χ3n) is 4.23. The van der Waals surface area contributed by atoms with Gasteiger partial charge in [0.2, 0.25) is 0 Å². The number of nitrogens with one attached hydrogen (secondary N) is 1. The quantitative estimate of drug-likeness (QED) is 0.797. The fraction of sp³-hybridized carbons (Fsp3) is 0.500. The molecule has 0 unspecified atom stereocenters. The average Bonchev–Trinajstić information content (AvgIpc) is 2.77. The van der Waals surface area contributed by atoms with Gasteiger partial charge in [-0.15, -0.1) is 0 Å². The fourth-order valence-corrected chi connectivity index (χ4v) is 2.28. The van der Waals surface area contributed by atoms with Gasteiger partial charge in [-0.05, 0) is 46.2 Å². The zero-order valence-electron chi connectivity index (χ0n) is 12.1. The molecule has 1 fully saturated rings. The lowest BCUT2D eigenvalue weighted by Crippen LogP contribution is -2.41. The summed E-state index contributed by atoms with van der Waals surface area (Å²) in [6.07, 6.45) is 0. The van der Waals surface area contributed by atoms with Crippen molar-refractivity contribution in [3.8, 4) is 0 Å². The van der Waals surface area contributed by atoms with E-state index >= 15 is 0 Å². The number of nitrogens with zero attached hydrogens (tertiary/aromatic N) is 1. The monoisotopic (exact) mass is 258 g/mol. The minimum absolute atomic E-state index is 0.334. The van der Waals surface area contributed by atoms with E-state index in [1.165, 1.54) is 5.56 Å². The first kappa shape index (κ1) is 12.7. The van der Waals surface area contributed by atoms with Gasteiger partial charge in [0.15, 0.2) is 0 Å². The van der Waals surface area contributed by atoms with Gasteiger partial charge in [-0.2, -0.15) is 5.10 Å². The van der Waals surface area contributed by atoms with Crippen LogP contribution in [0.1, 0.15) is 33.3 Å². The summed E-state index contributed by atoms with van der Waals surface area (Å²) in [4.78, 5) is 0. The van der Waals surface area contributed by atoms with E-state index in [-0.39, 0.29) is 11.2 Å². The van der Waals surface area contributed by atoms with Crippen LogP contribution in [-0.4, -0.2) is 28.5 Å². The summed E-state index contributed by atoms with van der Waals surface area (Å²) < 4.78 is 12.1. The molecule has 2 aromatic rings. The van der Waals surface area contributed by atoms with Crippen LogP contribution in [0.3, 0.4) is 0 Å². The molecule has 4 nitrogen and oxygen atoms in total. The van der Waals surface area contributed by atoms with Crippen LogP contribution in [0.4, 0.5) is 0 Å². The maximum absolute atomic E-state index is 6.05. The lowest BCUT2D eigenvalue weighted by Gasteiger charge is -2.32. The molecule has 0 atom stereocenters. The molecule has 1 aromatic heterocycles. The van der Waals surface area contributed by atoms with Crippen molar-refractivity contribution in [3.05, 3.63) is 23.8 Å². The van der Waals surface area contributed by atoms with Crippen molar-refractivity contribution < 1.29 is 9.31 Å². The summed E-state index contributed by atoms with van der Waals surface area (Å²) in [5.74, 6) is 0. The number of hydrogen-bond donors (Lipinski definition) is 1. The zero-order chi connectivity index (χ0) is 13.8. The van der Waals surface area contributed by atoms with E-state index in [9.17, 15) is 0 Å². The normalized spacial score (nSPS) is 21.2. The van der Waals surface area contributed by atoms with Crippen molar-refractivity contribution in [2.45, 2.75) is 45.8 Å². The Morgan fingerprint density at radius 3 is 2.37 bits per heavy atom. The molecule has 0 amide bonds. The molecule has 1 aliphatic heterocycles. The summed E-state index contributed by atoms with van der Waals surface area (Å²) in [7, 11) is -0.391. The molecule has 0 saturated carbocycles. The third kappa shape index (κ3) is 1.88. The molecule has 3 rings (SSSR count). The number of rotatable bonds is 1. The van der Waals surface area contributed by atoms with Crippen LogP contribution in [-0.2, 0) is 9.31 Å². The molecule has 2 heterocycles. The van der Waals surface area contributed by atoms with Crippen molar-refractivity contribution in [2.24, 2.45) is 0 Å². The minimum atomic E-state index is -0.391. The number of aromatic amines is 1. The Morgan fingerprint density at radius 2 is 1.74 bits per heavy atom. The maximum atomic E-state index is 6.05. The zero-order valence-corrected chi connectivity index (χ0v) is 12.1. The molecule has 1 aliphatic rings. The highest BCUT2D eigenvalue weighted by Crippen LogP contribution is 2.36. The van der Waals surface area contributed by atoms with E-state index in [1.807, 2.05) is 0 Å². The average molecular weight is 258 g/mol. The smallest absolute Gasteiger partial charge is 0.398 e. The van der Waals surface area contributed by atoms with Crippen molar-refractivity contribution in [3.63, 3.8) is 0 Å². The summed E-state index contributed by atoms with van der Waals surface area (Å²) in [6, 6.07) is 6.20. The molecule has 1 aromatic carbocycles. The predicted octanol–water partition coefficient (Wildman–Crippen LogP) is 2.17. The van der Waals surface area contributed by atoms with E-state index in [1.54, 1.807) is 0 Å². The first-order valence-electron chi connectivity index (χ1n) is 6.60. The fourth-order valence-electron chi connectivity index (χ4n) is 2.28. The van der Waals surface area contributed by atoms with Gasteiger partial charge in [0.25, 0.3) is 0 Å². The molecule has 0 aliphatic carbocycles. The number of hydrogen-bond acceptors (Lipinski definition) is 3. The van der Waals surface area contributed by atoms with E-state index in [2.05, 4.69) is 63.0 Å². The van der Waals surface area contributed by atoms with Crippen LogP contribution in [0, 0.1) is 6.92 Å². The van der Waals surface area contributed by atoms with Gasteiger partial charge in [0, 0.05) is 5.39 Å². The molecular weight excluding hydrogens is 239 g/mol. The highest BCUT2D eigenvalue weighted by Gasteiger charge is 2.52. The predicted molar refractivity (Wildman–Crippen MR) is 76.5 cm³/mol. The first-order chi connectivity index (χ1) is 8.80. The Hall–Kier alpha value is -1.33. The topological polar surface area (TPSA) is 47.1 Å².